The van der Waals surface area contributed by atoms with E-state index in [-0.39, 0.29) is 39.7 Å². The number of rotatable bonds is 7. The molecule has 1 amide bonds. The molecule has 0 aromatic heterocycles. The van der Waals surface area contributed by atoms with Crippen LogP contribution in [0.3, 0.4) is 0 Å². The fourth-order valence-electron chi connectivity index (χ4n) is 2.37. The van der Waals surface area contributed by atoms with E-state index >= 15 is 0 Å². The van der Waals surface area contributed by atoms with Gasteiger partial charge in [0, 0.05) is 18.2 Å². The average molecular weight is 434 g/mol. The number of hydrogen-bond donors (Lipinski definition) is 1. The second-order valence-electron chi connectivity index (χ2n) is 6.33. The van der Waals surface area contributed by atoms with Gasteiger partial charge in [-0.25, -0.2) is 0 Å². The minimum Gasteiger partial charge on any atom is -0.486 e. The van der Waals surface area contributed by atoms with Gasteiger partial charge >= 0.3 is 0 Å². The Hall–Kier alpha value is -3.08. The summed E-state index contributed by atoms with van der Waals surface area (Å²) in [6.45, 7) is 3.60. The van der Waals surface area contributed by atoms with Crippen molar-refractivity contribution < 1.29 is 14.5 Å². The van der Waals surface area contributed by atoms with Crippen LogP contribution in [0.1, 0.15) is 25.0 Å². The standard InChI is InChI=1S/C20H17Cl2N3O4/c1-12(2)24-20(26)15(10-23)6-14-8-17(21)19(18(22)9-14)29-11-13-4-3-5-16(7-13)25(27)28/h3-9,12H,11H2,1-2H3,(H,24,26)/b15-6-. The first-order valence-electron chi connectivity index (χ1n) is 8.49. The number of nitrogens with one attached hydrogen (secondary N) is 1. The smallest absolute Gasteiger partial charge is 0.269 e. The molecule has 0 aliphatic rings. The Morgan fingerprint density at radius 1 is 1.31 bits per heavy atom. The van der Waals surface area contributed by atoms with Crippen molar-refractivity contribution in [3.05, 3.63) is 73.3 Å². The number of nitro benzene ring substituents is 1. The van der Waals surface area contributed by atoms with Crippen LogP contribution in [0.15, 0.2) is 42.0 Å². The number of hydrogen-bond acceptors (Lipinski definition) is 5. The van der Waals surface area contributed by atoms with Gasteiger partial charge in [-0.2, -0.15) is 5.26 Å². The molecule has 9 heteroatoms. The number of nitrogens with zero attached hydrogens (tertiary/aromatic N) is 2. The Kier molecular flexibility index (Phi) is 7.59. The first-order chi connectivity index (χ1) is 13.7. The summed E-state index contributed by atoms with van der Waals surface area (Å²) in [4.78, 5) is 22.4. The van der Waals surface area contributed by atoms with Gasteiger partial charge in [-0.05, 0) is 43.2 Å². The number of halogens is 2. The third-order valence-corrected chi connectivity index (χ3v) is 4.18. The molecule has 0 bridgehead atoms. The molecule has 0 aliphatic heterocycles. The molecule has 0 unspecified atom stereocenters. The van der Waals surface area contributed by atoms with Crippen LogP contribution in [0.25, 0.3) is 6.08 Å². The Balaban J connectivity index is 2.22. The maximum atomic E-state index is 12.0. The summed E-state index contributed by atoms with van der Waals surface area (Å²) in [6, 6.07) is 10.8. The summed E-state index contributed by atoms with van der Waals surface area (Å²) >= 11 is 12.5. The van der Waals surface area contributed by atoms with Crippen molar-refractivity contribution in [2.75, 3.05) is 0 Å². The van der Waals surface area contributed by atoms with Gasteiger partial charge in [0.15, 0.2) is 5.75 Å². The van der Waals surface area contributed by atoms with Crippen LogP contribution in [0.2, 0.25) is 10.0 Å². The van der Waals surface area contributed by atoms with E-state index < -0.39 is 10.8 Å². The number of non-ortho nitro benzene ring substituents is 1. The van der Waals surface area contributed by atoms with E-state index in [4.69, 9.17) is 27.9 Å². The summed E-state index contributed by atoms with van der Waals surface area (Å²) in [5.41, 5.74) is 0.897. The van der Waals surface area contributed by atoms with Gasteiger partial charge in [-0.1, -0.05) is 35.3 Å². The molecule has 2 aromatic rings. The van der Waals surface area contributed by atoms with Crippen molar-refractivity contribution >= 4 is 40.9 Å². The summed E-state index contributed by atoms with van der Waals surface area (Å²) in [5.74, 6) is -0.303. The van der Waals surface area contributed by atoms with Gasteiger partial charge in [0.1, 0.15) is 18.2 Å². The third-order valence-electron chi connectivity index (χ3n) is 3.62. The van der Waals surface area contributed by atoms with Gasteiger partial charge in [0.25, 0.3) is 11.6 Å². The van der Waals surface area contributed by atoms with E-state index in [1.54, 1.807) is 26.0 Å². The topological polar surface area (TPSA) is 105 Å². The number of carbonyl (C=O) groups is 1. The first kappa shape index (κ1) is 22.2. The molecule has 0 fully saturated rings. The average Bonchev–Trinajstić information content (AvgIpc) is 2.65. The molecule has 0 heterocycles. The quantitative estimate of drug-likeness (QED) is 0.289. The van der Waals surface area contributed by atoms with Crippen molar-refractivity contribution in [3.8, 4) is 11.8 Å². The lowest BCUT2D eigenvalue weighted by Crippen LogP contribution is -2.30. The Bertz CT molecular complexity index is 990. The Morgan fingerprint density at radius 2 is 1.97 bits per heavy atom. The van der Waals surface area contributed by atoms with Gasteiger partial charge < -0.3 is 10.1 Å². The number of benzene rings is 2. The van der Waals surface area contributed by atoms with Crippen LogP contribution in [0.4, 0.5) is 5.69 Å². The molecule has 7 nitrogen and oxygen atoms in total. The van der Waals surface area contributed by atoms with Gasteiger partial charge in [-0.15, -0.1) is 0 Å². The highest BCUT2D eigenvalue weighted by Crippen LogP contribution is 2.35. The van der Waals surface area contributed by atoms with Crippen LogP contribution < -0.4 is 10.1 Å². The molecule has 150 valence electrons. The van der Waals surface area contributed by atoms with Crippen LogP contribution in [-0.2, 0) is 11.4 Å². The number of amides is 1. The molecule has 2 rings (SSSR count). The molecule has 1 N–H and O–H groups in total. The van der Waals surface area contributed by atoms with Crippen molar-refractivity contribution in [1.29, 1.82) is 5.26 Å². The molecule has 0 radical (unpaired) electrons. The zero-order chi connectivity index (χ0) is 21.6. The molecule has 2 aromatic carbocycles. The summed E-state index contributed by atoms with van der Waals surface area (Å²) < 4.78 is 5.62. The van der Waals surface area contributed by atoms with Crippen LogP contribution >= 0.6 is 23.2 Å². The van der Waals surface area contributed by atoms with Crippen LogP contribution in [0.5, 0.6) is 5.75 Å². The van der Waals surface area contributed by atoms with Gasteiger partial charge in [-0.3, -0.25) is 14.9 Å². The van der Waals surface area contributed by atoms with Crippen molar-refractivity contribution in [1.82, 2.24) is 5.32 Å². The summed E-state index contributed by atoms with van der Waals surface area (Å²) in [6.07, 6.45) is 1.37. The minimum atomic E-state index is -0.499. The summed E-state index contributed by atoms with van der Waals surface area (Å²) in [5, 5.41) is 23.1. The zero-order valence-electron chi connectivity index (χ0n) is 15.6. The normalized spacial score (nSPS) is 11.1. The minimum absolute atomic E-state index is 0.0244. The Morgan fingerprint density at radius 3 is 2.52 bits per heavy atom. The van der Waals surface area contributed by atoms with Crippen molar-refractivity contribution in [2.24, 2.45) is 0 Å². The lowest BCUT2D eigenvalue weighted by atomic mass is 10.1. The second kappa shape index (κ2) is 9.92. The first-order valence-corrected chi connectivity index (χ1v) is 9.24. The highest BCUT2D eigenvalue weighted by atomic mass is 35.5. The Labute approximate surface area is 177 Å². The molecule has 0 saturated carbocycles. The maximum Gasteiger partial charge on any atom is 0.269 e. The molecular weight excluding hydrogens is 417 g/mol. The predicted octanol–water partition coefficient (Wildman–Crippen LogP) is 4.91. The fraction of sp³-hybridized carbons (Fsp3) is 0.200. The fourth-order valence-corrected chi connectivity index (χ4v) is 2.98. The SMILES string of the molecule is CC(C)NC(=O)/C(C#N)=C\c1cc(Cl)c(OCc2cccc([N+](=O)[O-])c2)c(Cl)c1. The predicted molar refractivity (Wildman–Crippen MR) is 111 cm³/mol. The molecule has 0 spiro atoms. The molecule has 29 heavy (non-hydrogen) atoms. The lowest BCUT2D eigenvalue weighted by Gasteiger charge is -2.11. The number of nitro groups is 1. The summed E-state index contributed by atoms with van der Waals surface area (Å²) in [7, 11) is 0. The molecule has 0 atom stereocenters. The van der Waals surface area contributed by atoms with E-state index in [1.165, 1.54) is 30.3 Å². The monoisotopic (exact) mass is 433 g/mol. The highest BCUT2D eigenvalue weighted by Gasteiger charge is 2.14. The van der Waals surface area contributed by atoms with Gasteiger partial charge in [0.2, 0.25) is 0 Å². The van der Waals surface area contributed by atoms with E-state index in [2.05, 4.69) is 5.32 Å². The number of nitriles is 1. The maximum absolute atomic E-state index is 12.0. The van der Waals surface area contributed by atoms with Crippen LogP contribution in [-0.4, -0.2) is 16.9 Å². The lowest BCUT2D eigenvalue weighted by molar-refractivity contribution is -0.384. The third kappa shape index (κ3) is 6.21. The van der Waals surface area contributed by atoms with Gasteiger partial charge in [0.05, 0.1) is 15.0 Å². The van der Waals surface area contributed by atoms with E-state index in [0.29, 0.717) is 11.1 Å². The highest BCUT2D eigenvalue weighted by molar-refractivity contribution is 6.37. The zero-order valence-corrected chi connectivity index (χ0v) is 17.1. The van der Waals surface area contributed by atoms with E-state index in [1.807, 2.05) is 6.07 Å². The van der Waals surface area contributed by atoms with E-state index in [9.17, 15) is 20.2 Å². The largest absolute Gasteiger partial charge is 0.486 e. The van der Waals surface area contributed by atoms with E-state index in [0.717, 1.165) is 0 Å². The van der Waals surface area contributed by atoms with Crippen molar-refractivity contribution in [3.63, 3.8) is 0 Å². The molecule has 0 aliphatic carbocycles. The second-order valence-corrected chi connectivity index (χ2v) is 7.14. The van der Waals surface area contributed by atoms with Crippen LogP contribution in [0, 0.1) is 21.4 Å². The number of carbonyl (C=O) groups excluding carboxylic acids is 1. The number of ether oxygens (including phenoxy) is 1. The molecular formula is C20H17Cl2N3O4. The van der Waals surface area contributed by atoms with Crippen molar-refractivity contribution in [2.45, 2.75) is 26.5 Å². The molecule has 0 saturated heterocycles.